The van der Waals surface area contributed by atoms with Crippen LogP contribution in [0.25, 0.3) is 0 Å². The zero-order valence-corrected chi connectivity index (χ0v) is 24.0. The van der Waals surface area contributed by atoms with Crippen LogP contribution < -0.4 is 24.8 Å². The normalized spacial score (nSPS) is 19.3. The molecule has 0 saturated carbocycles. The number of likely N-dealkylation sites (tertiary alicyclic amines) is 1. The van der Waals surface area contributed by atoms with Crippen molar-refractivity contribution < 1.29 is 33.0 Å². The van der Waals surface area contributed by atoms with Gasteiger partial charge in [-0.25, -0.2) is 4.39 Å². The van der Waals surface area contributed by atoms with Crippen LogP contribution in [0.3, 0.4) is 0 Å². The molecule has 226 valence electrons. The van der Waals surface area contributed by atoms with Crippen molar-refractivity contribution in [1.82, 2.24) is 20.5 Å². The van der Waals surface area contributed by atoms with Gasteiger partial charge >= 0.3 is 0 Å². The summed E-state index contributed by atoms with van der Waals surface area (Å²) in [5, 5.41) is 5.81. The minimum Gasteiger partial charge on any atom is -0.493 e. The molecule has 1 fully saturated rings. The number of nitrogens with one attached hydrogen (secondary N) is 2. The van der Waals surface area contributed by atoms with E-state index in [1.807, 2.05) is 18.2 Å². The van der Waals surface area contributed by atoms with Gasteiger partial charge in [0, 0.05) is 57.4 Å². The molecule has 4 bridgehead atoms. The van der Waals surface area contributed by atoms with Crippen LogP contribution in [0.5, 0.6) is 17.2 Å². The average molecular weight is 591 g/mol. The van der Waals surface area contributed by atoms with Crippen LogP contribution in [0.1, 0.15) is 36.0 Å². The number of benzene rings is 2. The number of nitrogens with zero attached hydrogens (tertiary/aromatic N) is 2. The second-order valence-corrected chi connectivity index (χ2v) is 10.7. The molecule has 3 amide bonds. The molecular weight excluding hydrogens is 555 g/mol. The summed E-state index contributed by atoms with van der Waals surface area (Å²) >= 11 is 0. The number of ether oxygens (including phenoxy) is 3. The number of amides is 3. The molecule has 0 aliphatic carbocycles. The third kappa shape index (κ3) is 8.21. The number of hydrogen-bond donors (Lipinski definition) is 2. The van der Waals surface area contributed by atoms with E-state index in [9.17, 15) is 18.8 Å². The maximum atomic E-state index is 14.6. The summed E-state index contributed by atoms with van der Waals surface area (Å²) in [6, 6.07) is 12.8. The number of piperidine rings is 1. The number of rotatable bonds is 4. The highest BCUT2D eigenvalue weighted by atomic mass is 19.1. The average Bonchev–Trinajstić information content (AvgIpc) is 3.01. The van der Waals surface area contributed by atoms with Crippen LogP contribution in [0.2, 0.25) is 0 Å². The number of fused-ring (bicyclic) bond motifs is 5. The van der Waals surface area contributed by atoms with Crippen molar-refractivity contribution in [3.05, 3.63) is 83.4 Å². The Kier molecular flexibility index (Phi) is 9.70. The lowest BCUT2D eigenvalue weighted by atomic mass is 10.0. The van der Waals surface area contributed by atoms with Gasteiger partial charge in [0.15, 0.2) is 18.1 Å². The zero-order chi connectivity index (χ0) is 30.2. The summed E-state index contributed by atoms with van der Waals surface area (Å²) in [6.07, 6.45) is 4.82. The molecule has 1 aromatic heterocycles. The van der Waals surface area contributed by atoms with Crippen LogP contribution in [-0.2, 0) is 33.8 Å². The van der Waals surface area contributed by atoms with Crippen molar-refractivity contribution in [2.45, 2.75) is 50.8 Å². The number of halogens is 1. The van der Waals surface area contributed by atoms with Crippen LogP contribution >= 0.6 is 0 Å². The van der Waals surface area contributed by atoms with Crippen molar-refractivity contribution >= 4 is 17.7 Å². The van der Waals surface area contributed by atoms with E-state index in [0.717, 1.165) is 11.1 Å². The van der Waals surface area contributed by atoms with Gasteiger partial charge in [0.1, 0.15) is 17.7 Å². The molecule has 2 atom stereocenters. The fourth-order valence-electron chi connectivity index (χ4n) is 5.29. The molecule has 0 spiro atoms. The maximum Gasteiger partial charge on any atom is 0.258 e. The van der Waals surface area contributed by atoms with E-state index >= 15 is 0 Å². The van der Waals surface area contributed by atoms with E-state index in [0.29, 0.717) is 49.3 Å². The van der Waals surface area contributed by atoms with Gasteiger partial charge in [-0.3, -0.25) is 19.4 Å². The Morgan fingerprint density at radius 1 is 1.07 bits per heavy atom. The zero-order valence-electron chi connectivity index (χ0n) is 24.0. The monoisotopic (exact) mass is 590 g/mol. The summed E-state index contributed by atoms with van der Waals surface area (Å²) in [7, 11) is 1.51. The van der Waals surface area contributed by atoms with Crippen molar-refractivity contribution in [3.63, 3.8) is 0 Å². The molecule has 2 aromatic carbocycles. The molecule has 0 radical (unpaired) electrons. The Morgan fingerprint density at radius 3 is 2.72 bits per heavy atom. The Morgan fingerprint density at radius 2 is 1.91 bits per heavy atom. The van der Waals surface area contributed by atoms with E-state index < -0.39 is 23.9 Å². The van der Waals surface area contributed by atoms with Crippen molar-refractivity contribution in [2.24, 2.45) is 0 Å². The number of aryl methyl sites for hydroxylation is 2. The number of pyridine rings is 1. The van der Waals surface area contributed by atoms with E-state index in [4.69, 9.17) is 14.2 Å². The summed E-state index contributed by atoms with van der Waals surface area (Å²) < 4.78 is 32.0. The standard InChI is InChI=1S/C32H35FN4O6/c1-41-28-5-2-22-3-6-30(38)35-18-23-14-24(33)17-25(15-23)43-27-10-13-37(32(40)7-4-21-8-11-34-12-9-21)19-26(27)36-31(39)20-42-29(28)16-22/h2,5,8-9,11-12,14-17,26-27H,3-4,6-7,10,13,18-20H2,1H3,(H,35,38)(H,36,39)/t26-,27-/m1/s1. The summed E-state index contributed by atoms with van der Waals surface area (Å²) in [6.45, 7) is 0.478. The molecule has 43 heavy (non-hydrogen) atoms. The minimum absolute atomic E-state index is 0.0365. The molecule has 1 saturated heterocycles. The molecule has 11 heteroatoms. The van der Waals surface area contributed by atoms with E-state index in [-0.39, 0.29) is 43.7 Å². The fourth-order valence-corrected chi connectivity index (χ4v) is 5.29. The highest BCUT2D eigenvalue weighted by Gasteiger charge is 2.34. The fraction of sp³-hybridized carbons (Fsp3) is 0.375. The van der Waals surface area contributed by atoms with E-state index in [1.54, 1.807) is 35.5 Å². The molecule has 2 aliphatic rings. The molecule has 2 N–H and O–H groups in total. The first kappa shape index (κ1) is 29.8. The minimum atomic E-state index is -0.576. The van der Waals surface area contributed by atoms with E-state index in [2.05, 4.69) is 15.6 Å². The second-order valence-electron chi connectivity index (χ2n) is 10.7. The van der Waals surface area contributed by atoms with Gasteiger partial charge in [-0.15, -0.1) is 0 Å². The lowest BCUT2D eigenvalue weighted by Gasteiger charge is -2.39. The maximum absolute atomic E-state index is 14.6. The van der Waals surface area contributed by atoms with Gasteiger partial charge in [0.25, 0.3) is 5.91 Å². The lowest BCUT2D eigenvalue weighted by molar-refractivity contribution is -0.135. The predicted molar refractivity (Wildman–Crippen MR) is 155 cm³/mol. The van der Waals surface area contributed by atoms with Crippen molar-refractivity contribution in [1.29, 1.82) is 0 Å². The first-order valence-electron chi connectivity index (χ1n) is 14.3. The van der Waals surface area contributed by atoms with Crippen LogP contribution in [-0.4, -0.2) is 66.6 Å². The summed E-state index contributed by atoms with van der Waals surface area (Å²) in [5.74, 6) is -0.00964. The Bertz CT molecular complexity index is 1450. The number of aromatic nitrogens is 1. The molecule has 10 nitrogen and oxygen atoms in total. The first-order valence-corrected chi connectivity index (χ1v) is 14.3. The van der Waals surface area contributed by atoms with Crippen molar-refractivity contribution in [2.75, 3.05) is 26.8 Å². The Balaban J connectivity index is 1.36. The number of methoxy groups -OCH3 is 1. The highest BCUT2D eigenvalue weighted by molar-refractivity contribution is 5.79. The Hall–Kier alpha value is -4.67. The van der Waals surface area contributed by atoms with Crippen LogP contribution in [0.4, 0.5) is 4.39 Å². The number of carbonyl (C=O) groups is 3. The largest absolute Gasteiger partial charge is 0.493 e. The quantitative estimate of drug-likeness (QED) is 0.480. The van der Waals surface area contributed by atoms with Gasteiger partial charge < -0.3 is 29.7 Å². The highest BCUT2D eigenvalue weighted by Crippen LogP contribution is 2.29. The number of carbonyl (C=O) groups excluding carboxylic acids is 3. The van der Waals surface area contributed by atoms with Crippen LogP contribution in [0.15, 0.2) is 60.9 Å². The van der Waals surface area contributed by atoms with E-state index in [1.165, 1.54) is 19.2 Å². The molecular formula is C32H35FN4O6. The summed E-state index contributed by atoms with van der Waals surface area (Å²) in [4.78, 5) is 44.5. The second kappa shape index (κ2) is 14.0. The first-order chi connectivity index (χ1) is 20.9. The molecule has 2 aliphatic heterocycles. The number of hydrogen-bond acceptors (Lipinski definition) is 7. The summed E-state index contributed by atoms with van der Waals surface area (Å²) in [5.41, 5.74) is 2.40. The molecule has 3 heterocycles. The SMILES string of the molecule is COc1ccc2cc1OCC(=O)N[C@@H]1CN(C(=O)CCc3ccncc3)CC[C@H]1Oc1cc(F)cc(c1)CNC(=O)CC2. The smallest absolute Gasteiger partial charge is 0.258 e. The van der Waals surface area contributed by atoms with Gasteiger partial charge in [-0.2, -0.15) is 0 Å². The molecule has 0 unspecified atom stereocenters. The predicted octanol–water partition coefficient (Wildman–Crippen LogP) is 2.97. The molecule has 3 aromatic rings. The van der Waals surface area contributed by atoms with Gasteiger partial charge in [-0.1, -0.05) is 6.07 Å². The van der Waals surface area contributed by atoms with Gasteiger partial charge in [-0.05, 0) is 65.9 Å². The molecule has 5 rings (SSSR count). The van der Waals surface area contributed by atoms with Gasteiger partial charge in [0.2, 0.25) is 11.8 Å². The third-order valence-corrected chi connectivity index (χ3v) is 7.56. The lowest BCUT2D eigenvalue weighted by Crippen LogP contribution is -2.58. The third-order valence-electron chi connectivity index (χ3n) is 7.56. The van der Waals surface area contributed by atoms with Crippen LogP contribution in [0, 0.1) is 5.82 Å². The Labute approximate surface area is 249 Å². The van der Waals surface area contributed by atoms with Gasteiger partial charge in [0.05, 0.1) is 13.2 Å². The topological polar surface area (TPSA) is 119 Å². The van der Waals surface area contributed by atoms with Crippen molar-refractivity contribution in [3.8, 4) is 17.2 Å².